The average molecular weight is 355 g/mol. The first-order valence-electron chi connectivity index (χ1n) is 8.39. The summed E-state index contributed by atoms with van der Waals surface area (Å²) in [5.41, 5.74) is 7.50. The van der Waals surface area contributed by atoms with Crippen molar-refractivity contribution in [2.24, 2.45) is 0 Å². The molecule has 0 saturated heterocycles. The van der Waals surface area contributed by atoms with Crippen LogP contribution in [0.2, 0.25) is 0 Å². The zero-order valence-corrected chi connectivity index (χ0v) is 15.2. The van der Waals surface area contributed by atoms with Gasteiger partial charge in [0.25, 0.3) is 5.91 Å². The lowest BCUT2D eigenvalue weighted by Gasteiger charge is -2.24. The Labute approximate surface area is 150 Å². The van der Waals surface area contributed by atoms with Crippen molar-refractivity contribution >= 4 is 27.5 Å². The number of benzene rings is 1. The van der Waals surface area contributed by atoms with E-state index < -0.39 is 5.91 Å². The van der Waals surface area contributed by atoms with Crippen molar-refractivity contribution in [1.82, 2.24) is 14.9 Å². The van der Waals surface area contributed by atoms with Crippen LogP contribution in [0.3, 0.4) is 0 Å². The van der Waals surface area contributed by atoms with Crippen LogP contribution in [0.1, 0.15) is 32.1 Å². The van der Waals surface area contributed by atoms with Gasteiger partial charge in [-0.2, -0.15) is 0 Å². The normalized spacial score (nSPS) is 14.7. The van der Waals surface area contributed by atoms with E-state index in [1.165, 1.54) is 26.4 Å². The summed E-state index contributed by atoms with van der Waals surface area (Å²) in [7, 11) is 2.17. The summed E-state index contributed by atoms with van der Waals surface area (Å²) in [6, 6.07) is 9.69. The fourth-order valence-corrected chi connectivity index (χ4v) is 4.73. The van der Waals surface area contributed by atoms with Crippen LogP contribution < -0.4 is 5.48 Å². The molecular weight excluding hydrogens is 334 g/mol. The smallest absolute Gasteiger partial charge is 0.274 e. The zero-order chi connectivity index (χ0) is 17.6. The molecule has 0 atom stereocenters. The van der Waals surface area contributed by atoms with Gasteiger partial charge in [-0.1, -0.05) is 12.1 Å². The number of nitrogens with zero attached hydrogens (tertiary/aromatic N) is 2. The van der Waals surface area contributed by atoms with Gasteiger partial charge in [0.05, 0.1) is 10.2 Å². The highest BCUT2D eigenvalue weighted by molar-refractivity contribution is 7.19. The first-order valence-corrected chi connectivity index (χ1v) is 9.20. The molecule has 0 aliphatic carbocycles. The highest BCUT2D eigenvalue weighted by Gasteiger charge is 2.23. The highest BCUT2D eigenvalue weighted by atomic mass is 32.1. The van der Waals surface area contributed by atoms with Gasteiger partial charge in [-0.3, -0.25) is 10.0 Å². The Morgan fingerprint density at radius 1 is 1.32 bits per heavy atom. The largest absolute Gasteiger partial charge is 0.338 e. The van der Waals surface area contributed by atoms with Crippen molar-refractivity contribution in [3.05, 3.63) is 57.6 Å². The summed E-state index contributed by atoms with van der Waals surface area (Å²) < 4.78 is 3.85. The van der Waals surface area contributed by atoms with E-state index in [2.05, 4.69) is 29.5 Å². The first kappa shape index (κ1) is 16.3. The maximum absolute atomic E-state index is 11.5. The number of hydrogen-bond donors (Lipinski definition) is 2. The number of aromatic nitrogens is 1. The molecule has 5 nitrogen and oxygen atoms in total. The maximum Gasteiger partial charge on any atom is 0.274 e. The molecule has 0 spiro atoms. The molecular formula is C19H21N3O2S. The number of carbonyl (C=O) groups is 1. The van der Waals surface area contributed by atoms with Crippen molar-refractivity contribution < 1.29 is 10.0 Å². The van der Waals surface area contributed by atoms with Crippen molar-refractivity contribution in [1.29, 1.82) is 0 Å². The fraction of sp³-hybridized carbons (Fsp3) is 0.316. The molecule has 0 radical (unpaired) electrons. The van der Waals surface area contributed by atoms with Gasteiger partial charge in [-0.25, -0.2) is 5.48 Å². The van der Waals surface area contributed by atoms with E-state index >= 15 is 0 Å². The van der Waals surface area contributed by atoms with Crippen molar-refractivity contribution in [3.8, 4) is 0 Å². The molecule has 2 aromatic heterocycles. The number of likely N-dealkylation sites (N-methyl/N-ethyl adjacent to an activating group) is 1. The SMILES string of the molecule is Cc1cc2c(s1)c1c(n2Cc2ccc(C(=O)NO)cc2)CN(C)CC1. The van der Waals surface area contributed by atoms with Crippen LogP contribution in [0.25, 0.3) is 10.2 Å². The second-order valence-electron chi connectivity index (χ2n) is 6.71. The summed E-state index contributed by atoms with van der Waals surface area (Å²) in [6.45, 7) is 5.03. The Hall–Kier alpha value is -2.15. The van der Waals surface area contributed by atoms with Crippen LogP contribution in [-0.4, -0.2) is 34.2 Å². The van der Waals surface area contributed by atoms with E-state index in [4.69, 9.17) is 5.21 Å². The lowest BCUT2D eigenvalue weighted by atomic mass is 10.1. The third kappa shape index (κ3) is 2.86. The van der Waals surface area contributed by atoms with Gasteiger partial charge in [0.15, 0.2) is 0 Å². The number of rotatable bonds is 3. The molecule has 0 fully saturated rings. The number of thiophene rings is 1. The minimum atomic E-state index is -0.484. The minimum absolute atomic E-state index is 0.456. The predicted molar refractivity (Wildman–Crippen MR) is 99.4 cm³/mol. The molecule has 2 N–H and O–H groups in total. The average Bonchev–Trinajstić information content (AvgIpc) is 3.11. The van der Waals surface area contributed by atoms with Crippen LogP contribution in [-0.2, 0) is 19.5 Å². The van der Waals surface area contributed by atoms with E-state index in [9.17, 15) is 4.79 Å². The van der Waals surface area contributed by atoms with E-state index in [0.717, 1.165) is 31.6 Å². The molecule has 1 aliphatic rings. The van der Waals surface area contributed by atoms with Gasteiger partial charge in [0.1, 0.15) is 0 Å². The van der Waals surface area contributed by atoms with Gasteiger partial charge >= 0.3 is 0 Å². The molecule has 6 heteroatoms. The second-order valence-corrected chi connectivity index (χ2v) is 7.96. The van der Waals surface area contributed by atoms with Crippen LogP contribution in [0.15, 0.2) is 30.3 Å². The third-order valence-corrected chi connectivity index (χ3v) is 6.00. The standard InChI is InChI=1S/C19H21N3O2S/c1-12-9-16-18(25-12)15-7-8-21(2)11-17(15)22(16)10-13-3-5-14(6-4-13)19(23)20-24/h3-6,9,24H,7-8,10-11H2,1-2H3,(H,20,23). The van der Waals surface area contributed by atoms with Crippen LogP contribution in [0, 0.1) is 6.92 Å². The molecule has 1 aliphatic heterocycles. The highest BCUT2D eigenvalue weighted by Crippen LogP contribution is 2.36. The molecule has 4 rings (SSSR count). The lowest BCUT2D eigenvalue weighted by molar-refractivity contribution is 0.0706. The van der Waals surface area contributed by atoms with Gasteiger partial charge in [-0.05, 0) is 49.7 Å². The molecule has 0 unspecified atom stereocenters. The maximum atomic E-state index is 11.5. The monoisotopic (exact) mass is 355 g/mol. The van der Waals surface area contributed by atoms with Gasteiger partial charge in [-0.15, -0.1) is 11.3 Å². The number of aryl methyl sites for hydroxylation is 1. The van der Waals surface area contributed by atoms with E-state index in [1.807, 2.05) is 23.5 Å². The second kappa shape index (κ2) is 6.29. The molecule has 25 heavy (non-hydrogen) atoms. The first-order chi connectivity index (χ1) is 12.1. The third-order valence-electron chi connectivity index (χ3n) is 4.90. The summed E-state index contributed by atoms with van der Waals surface area (Å²) in [5, 5.41) is 8.74. The van der Waals surface area contributed by atoms with Crippen molar-refractivity contribution in [2.45, 2.75) is 26.4 Å². The number of nitrogens with one attached hydrogen (secondary N) is 1. The summed E-state index contributed by atoms with van der Waals surface area (Å²) in [4.78, 5) is 15.2. The van der Waals surface area contributed by atoms with Gasteiger partial charge < -0.3 is 9.47 Å². The summed E-state index contributed by atoms with van der Waals surface area (Å²) in [6.07, 6.45) is 1.10. The summed E-state index contributed by atoms with van der Waals surface area (Å²) >= 11 is 1.89. The molecule has 0 bridgehead atoms. The molecule has 3 aromatic rings. The van der Waals surface area contributed by atoms with Gasteiger partial charge in [0, 0.05) is 35.8 Å². The Kier molecular flexibility index (Phi) is 4.11. The Morgan fingerprint density at radius 3 is 2.80 bits per heavy atom. The Balaban J connectivity index is 1.73. The summed E-state index contributed by atoms with van der Waals surface area (Å²) in [5.74, 6) is -0.484. The Bertz CT molecular complexity index is 940. The number of carbonyl (C=O) groups excluding carboxylic acids is 1. The molecule has 0 saturated carbocycles. The van der Waals surface area contributed by atoms with E-state index in [0.29, 0.717) is 5.56 Å². The van der Waals surface area contributed by atoms with Crippen LogP contribution >= 0.6 is 11.3 Å². The molecule has 3 heterocycles. The molecule has 1 amide bonds. The lowest BCUT2D eigenvalue weighted by Crippen LogP contribution is -2.27. The number of hydrogen-bond acceptors (Lipinski definition) is 4. The number of amides is 1. The van der Waals surface area contributed by atoms with Crippen LogP contribution in [0.5, 0.6) is 0 Å². The van der Waals surface area contributed by atoms with Gasteiger partial charge in [0.2, 0.25) is 0 Å². The molecule has 1 aromatic carbocycles. The van der Waals surface area contributed by atoms with Crippen LogP contribution in [0.4, 0.5) is 0 Å². The number of fused-ring (bicyclic) bond motifs is 3. The fourth-order valence-electron chi connectivity index (χ4n) is 3.62. The topological polar surface area (TPSA) is 57.5 Å². The quantitative estimate of drug-likeness (QED) is 0.560. The zero-order valence-electron chi connectivity index (χ0n) is 14.4. The van der Waals surface area contributed by atoms with E-state index in [-0.39, 0.29) is 0 Å². The molecule has 130 valence electrons. The van der Waals surface area contributed by atoms with Crippen molar-refractivity contribution in [2.75, 3.05) is 13.6 Å². The van der Waals surface area contributed by atoms with E-state index in [1.54, 1.807) is 17.6 Å². The number of hydroxylamine groups is 1. The predicted octanol–water partition coefficient (Wildman–Crippen LogP) is 3.17. The van der Waals surface area contributed by atoms with Crippen molar-refractivity contribution in [3.63, 3.8) is 0 Å². The Morgan fingerprint density at radius 2 is 2.08 bits per heavy atom. The minimum Gasteiger partial charge on any atom is -0.338 e.